The van der Waals surface area contributed by atoms with Gasteiger partial charge < -0.3 is 15.3 Å². The van der Waals surface area contributed by atoms with Gasteiger partial charge in [0.25, 0.3) is 0 Å². The number of urea groups is 1. The average molecular weight is 294 g/mol. The molecule has 0 saturated carbocycles. The van der Waals surface area contributed by atoms with Gasteiger partial charge in [0.05, 0.1) is 5.69 Å². The number of carboxylic acids is 1. The SMILES string of the molecule is Cc1ccc(NC(=O)N2CCCC(C)C2C(=O)O)c(F)c1. The van der Waals surface area contributed by atoms with Gasteiger partial charge in [-0.1, -0.05) is 13.0 Å². The van der Waals surface area contributed by atoms with Gasteiger partial charge >= 0.3 is 12.0 Å². The summed E-state index contributed by atoms with van der Waals surface area (Å²) in [7, 11) is 0. The number of carboxylic acid groups (broad SMARTS) is 1. The third-order valence-electron chi connectivity index (χ3n) is 3.81. The van der Waals surface area contributed by atoms with E-state index in [9.17, 15) is 19.1 Å². The summed E-state index contributed by atoms with van der Waals surface area (Å²) in [6, 6.07) is 3.05. The highest BCUT2D eigenvalue weighted by atomic mass is 19.1. The molecule has 1 heterocycles. The molecule has 2 N–H and O–H groups in total. The number of rotatable bonds is 2. The van der Waals surface area contributed by atoms with Crippen LogP contribution in [0.15, 0.2) is 18.2 Å². The zero-order valence-electron chi connectivity index (χ0n) is 12.1. The maximum Gasteiger partial charge on any atom is 0.326 e. The zero-order chi connectivity index (χ0) is 15.6. The summed E-state index contributed by atoms with van der Waals surface area (Å²) >= 11 is 0. The second kappa shape index (κ2) is 6.11. The number of anilines is 1. The van der Waals surface area contributed by atoms with Gasteiger partial charge in [-0.15, -0.1) is 0 Å². The summed E-state index contributed by atoms with van der Waals surface area (Å²) in [4.78, 5) is 24.9. The van der Waals surface area contributed by atoms with Gasteiger partial charge in [-0.2, -0.15) is 0 Å². The quantitative estimate of drug-likeness (QED) is 0.881. The molecule has 2 rings (SSSR count). The summed E-state index contributed by atoms with van der Waals surface area (Å²) in [6.07, 6.45) is 1.51. The molecule has 2 amide bonds. The Morgan fingerprint density at radius 3 is 2.76 bits per heavy atom. The smallest absolute Gasteiger partial charge is 0.326 e. The molecule has 0 radical (unpaired) electrons. The molecule has 0 bridgehead atoms. The lowest BCUT2D eigenvalue weighted by molar-refractivity contribution is -0.145. The Morgan fingerprint density at radius 2 is 2.14 bits per heavy atom. The second-order valence-corrected chi connectivity index (χ2v) is 5.51. The molecule has 21 heavy (non-hydrogen) atoms. The lowest BCUT2D eigenvalue weighted by atomic mass is 9.91. The third-order valence-corrected chi connectivity index (χ3v) is 3.81. The van der Waals surface area contributed by atoms with Crippen molar-refractivity contribution in [3.8, 4) is 0 Å². The predicted octanol–water partition coefficient (Wildman–Crippen LogP) is 2.85. The molecular weight excluding hydrogens is 275 g/mol. The van der Waals surface area contributed by atoms with Crippen molar-refractivity contribution >= 4 is 17.7 Å². The number of halogens is 1. The highest BCUT2D eigenvalue weighted by molar-refractivity contribution is 5.92. The lowest BCUT2D eigenvalue weighted by Gasteiger charge is -2.37. The predicted molar refractivity (Wildman–Crippen MR) is 76.7 cm³/mol. The van der Waals surface area contributed by atoms with Crippen LogP contribution in [0.3, 0.4) is 0 Å². The van der Waals surface area contributed by atoms with Crippen LogP contribution in [0.25, 0.3) is 0 Å². The maximum absolute atomic E-state index is 13.8. The van der Waals surface area contributed by atoms with E-state index >= 15 is 0 Å². The fourth-order valence-corrected chi connectivity index (χ4v) is 2.70. The van der Waals surface area contributed by atoms with Crippen LogP contribution in [0.1, 0.15) is 25.3 Å². The minimum Gasteiger partial charge on any atom is -0.480 e. The summed E-state index contributed by atoms with van der Waals surface area (Å²) < 4.78 is 13.8. The van der Waals surface area contributed by atoms with Crippen LogP contribution in [0.2, 0.25) is 0 Å². The lowest BCUT2D eigenvalue weighted by Crippen LogP contribution is -2.53. The normalized spacial score (nSPS) is 22.0. The number of piperidine rings is 1. The van der Waals surface area contributed by atoms with Crippen molar-refractivity contribution in [2.75, 3.05) is 11.9 Å². The average Bonchev–Trinajstić information content (AvgIpc) is 2.41. The van der Waals surface area contributed by atoms with Crippen LogP contribution in [0.4, 0.5) is 14.9 Å². The number of hydrogen-bond acceptors (Lipinski definition) is 2. The van der Waals surface area contributed by atoms with Crippen molar-refractivity contribution < 1.29 is 19.1 Å². The van der Waals surface area contributed by atoms with Crippen molar-refractivity contribution in [1.29, 1.82) is 0 Å². The topological polar surface area (TPSA) is 69.6 Å². The Kier molecular flexibility index (Phi) is 4.45. The molecule has 1 aliphatic heterocycles. The van der Waals surface area contributed by atoms with Gasteiger partial charge in [0.2, 0.25) is 0 Å². The minimum atomic E-state index is -1.03. The van der Waals surface area contributed by atoms with Crippen molar-refractivity contribution in [2.45, 2.75) is 32.7 Å². The number of carbonyl (C=O) groups is 2. The summed E-state index contributed by atoms with van der Waals surface area (Å²) in [5.41, 5.74) is 0.813. The molecule has 5 nitrogen and oxygen atoms in total. The fraction of sp³-hybridized carbons (Fsp3) is 0.467. The molecule has 1 saturated heterocycles. The highest BCUT2D eigenvalue weighted by Crippen LogP contribution is 2.25. The molecule has 114 valence electrons. The van der Waals surface area contributed by atoms with Crippen molar-refractivity contribution in [2.24, 2.45) is 5.92 Å². The van der Waals surface area contributed by atoms with Gasteiger partial charge in [0.15, 0.2) is 0 Å². The van der Waals surface area contributed by atoms with Gasteiger partial charge in [-0.3, -0.25) is 0 Å². The Morgan fingerprint density at radius 1 is 1.43 bits per heavy atom. The van der Waals surface area contributed by atoms with Crippen LogP contribution >= 0.6 is 0 Å². The zero-order valence-corrected chi connectivity index (χ0v) is 12.1. The number of aryl methyl sites for hydroxylation is 1. The van der Waals surface area contributed by atoms with E-state index in [0.29, 0.717) is 6.54 Å². The van der Waals surface area contributed by atoms with E-state index in [-0.39, 0.29) is 11.6 Å². The van der Waals surface area contributed by atoms with E-state index < -0.39 is 23.9 Å². The summed E-state index contributed by atoms with van der Waals surface area (Å²) in [6.45, 7) is 3.92. The molecule has 0 spiro atoms. The number of aliphatic carboxylic acids is 1. The molecular formula is C15H19FN2O3. The first-order valence-corrected chi connectivity index (χ1v) is 6.96. The molecule has 1 aromatic rings. The number of amides is 2. The van der Waals surface area contributed by atoms with Crippen molar-refractivity contribution in [3.63, 3.8) is 0 Å². The monoisotopic (exact) mass is 294 g/mol. The van der Waals surface area contributed by atoms with Crippen molar-refractivity contribution in [1.82, 2.24) is 4.90 Å². The first-order chi connectivity index (χ1) is 9.90. The number of nitrogens with one attached hydrogen (secondary N) is 1. The number of carbonyl (C=O) groups excluding carboxylic acids is 1. The molecule has 1 aromatic carbocycles. The van der Waals surface area contributed by atoms with Gasteiger partial charge in [-0.05, 0) is 43.4 Å². The molecule has 0 aromatic heterocycles. The van der Waals surface area contributed by atoms with E-state index in [4.69, 9.17) is 0 Å². The van der Waals surface area contributed by atoms with Crippen LogP contribution in [-0.2, 0) is 4.79 Å². The number of hydrogen-bond donors (Lipinski definition) is 2. The van der Waals surface area contributed by atoms with Crippen LogP contribution < -0.4 is 5.32 Å². The van der Waals surface area contributed by atoms with Crippen LogP contribution in [-0.4, -0.2) is 34.6 Å². The fourth-order valence-electron chi connectivity index (χ4n) is 2.70. The third kappa shape index (κ3) is 3.32. The van der Waals surface area contributed by atoms with Crippen molar-refractivity contribution in [3.05, 3.63) is 29.6 Å². The largest absolute Gasteiger partial charge is 0.480 e. The van der Waals surface area contributed by atoms with E-state index in [1.54, 1.807) is 13.0 Å². The van der Waals surface area contributed by atoms with E-state index in [0.717, 1.165) is 18.4 Å². The second-order valence-electron chi connectivity index (χ2n) is 5.51. The molecule has 0 aliphatic carbocycles. The Hall–Kier alpha value is -2.11. The number of benzene rings is 1. The van der Waals surface area contributed by atoms with E-state index in [2.05, 4.69) is 5.32 Å². The Labute approximate surface area is 122 Å². The standard InChI is InChI=1S/C15H19FN2O3/c1-9-5-6-12(11(16)8-9)17-15(21)18-7-3-4-10(2)13(18)14(19)20/h5-6,8,10,13H,3-4,7H2,1-2H3,(H,17,21)(H,19,20). The van der Waals surface area contributed by atoms with Crippen LogP contribution in [0, 0.1) is 18.7 Å². The van der Waals surface area contributed by atoms with Crippen LogP contribution in [0.5, 0.6) is 0 Å². The first-order valence-electron chi connectivity index (χ1n) is 6.96. The summed E-state index contributed by atoms with van der Waals surface area (Å²) in [5.74, 6) is -1.67. The number of likely N-dealkylation sites (tertiary alicyclic amines) is 1. The number of nitrogens with zero attached hydrogens (tertiary/aromatic N) is 1. The van der Waals surface area contributed by atoms with E-state index in [1.165, 1.54) is 17.0 Å². The molecule has 1 fully saturated rings. The summed E-state index contributed by atoms with van der Waals surface area (Å²) in [5, 5.41) is 11.8. The molecule has 1 aliphatic rings. The first kappa shape index (κ1) is 15.3. The molecule has 2 unspecified atom stereocenters. The van der Waals surface area contributed by atoms with Gasteiger partial charge in [0, 0.05) is 6.54 Å². The maximum atomic E-state index is 13.8. The molecule has 2 atom stereocenters. The highest BCUT2D eigenvalue weighted by Gasteiger charge is 2.37. The van der Waals surface area contributed by atoms with Gasteiger partial charge in [0.1, 0.15) is 11.9 Å². The molecule has 6 heteroatoms. The Bertz CT molecular complexity index is 562. The Balaban J connectivity index is 2.16. The van der Waals surface area contributed by atoms with E-state index in [1.807, 2.05) is 6.92 Å². The van der Waals surface area contributed by atoms with Gasteiger partial charge in [-0.25, -0.2) is 14.0 Å². The minimum absolute atomic E-state index is 0.0629.